The average molecular weight is 275 g/mol. The maximum absolute atomic E-state index is 11.7. The molecule has 0 atom stereocenters. The first-order chi connectivity index (χ1) is 9.67. The van der Waals surface area contributed by atoms with Crippen LogP contribution in [0, 0.1) is 6.92 Å². The van der Waals surface area contributed by atoms with Gasteiger partial charge < -0.3 is 14.6 Å². The zero-order chi connectivity index (χ0) is 14.4. The number of nitrogens with zero attached hydrogens (tertiary/aromatic N) is 2. The molecule has 1 N–H and O–H groups in total. The molecule has 0 saturated carbocycles. The summed E-state index contributed by atoms with van der Waals surface area (Å²) in [5, 5.41) is 6.40. The summed E-state index contributed by atoms with van der Waals surface area (Å²) >= 11 is 0. The molecule has 6 nitrogen and oxygen atoms in total. The van der Waals surface area contributed by atoms with Crippen LogP contribution in [0.15, 0.2) is 28.8 Å². The SMILES string of the molecule is COc1ccc(CCC(=O)NCc2nc(C)no2)cc1. The van der Waals surface area contributed by atoms with E-state index in [1.165, 1.54) is 0 Å². The second kappa shape index (κ2) is 6.70. The van der Waals surface area contributed by atoms with Crippen LogP contribution in [0.1, 0.15) is 23.7 Å². The van der Waals surface area contributed by atoms with Gasteiger partial charge in [-0.15, -0.1) is 0 Å². The van der Waals surface area contributed by atoms with Crippen LogP contribution in [-0.4, -0.2) is 23.2 Å². The average Bonchev–Trinajstić information content (AvgIpc) is 2.89. The molecule has 0 aliphatic carbocycles. The molecule has 0 aliphatic heterocycles. The number of methoxy groups -OCH3 is 1. The maximum Gasteiger partial charge on any atom is 0.246 e. The molecular weight excluding hydrogens is 258 g/mol. The molecule has 0 saturated heterocycles. The molecule has 1 aromatic carbocycles. The molecule has 6 heteroatoms. The minimum absolute atomic E-state index is 0.0447. The fourth-order valence-corrected chi connectivity index (χ4v) is 1.72. The van der Waals surface area contributed by atoms with Crippen molar-refractivity contribution in [3.63, 3.8) is 0 Å². The van der Waals surface area contributed by atoms with Crippen LogP contribution in [0.5, 0.6) is 5.75 Å². The summed E-state index contributed by atoms with van der Waals surface area (Å²) in [5.74, 6) is 1.74. The van der Waals surface area contributed by atoms with Crippen molar-refractivity contribution in [3.05, 3.63) is 41.5 Å². The maximum atomic E-state index is 11.7. The molecule has 1 amide bonds. The van der Waals surface area contributed by atoms with Crippen LogP contribution in [-0.2, 0) is 17.8 Å². The lowest BCUT2D eigenvalue weighted by Gasteiger charge is -2.04. The lowest BCUT2D eigenvalue weighted by Crippen LogP contribution is -2.23. The van der Waals surface area contributed by atoms with Gasteiger partial charge in [0, 0.05) is 6.42 Å². The van der Waals surface area contributed by atoms with Crippen LogP contribution in [0.25, 0.3) is 0 Å². The molecule has 1 aromatic heterocycles. The van der Waals surface area contributed by atoms with Crippen molar-refractivity contribution >= 4 is 5.91 Å². The fourth-order valence-electron chi connectivity index (χ4n) is 1.72. The minimum atomic E-state index is -0.0447. The predicted molar refractivity (Wildman–Crippen MR) is 72.2 cm³/mol. The number of aryl methyl sites for hydroxylation is 2. The van der Waals surface area contributed by atoms with Crippen LogP contribution in [0.3, 0.4) is 0 Å². The number of carbonyl (C=O) groups excluding carboxylic acids is 1. The van der Waals surface area contributed by atoms with Crippen molar-refractivity contribution in [2.75, 3.05) is 7.11 Å². The van der Waals surface area contributed by atoms with E-state index in [1.54, 1.807) is 14.0 Å². The van der Waals surface area contributed by atoms with Gasteiger partial charge >= 0.3 is 0 Å². The first-order valence-electron chi connectivity index (χ1n) is 6.36. The third-order valence-electron chi connectivity index (χ3n) is 2.81. The summed E-state index contributed by atoms with van der Waals surface area (Å²) < 4.78 is 9.99. The minimum Gasteiger partial charge on any atom is -0.497 e. The molecule has 0 unspecified atom stereocenters. The summed E-state index contributed by atoms with van der Waals surface area (Å²) in [6.45, 7) is 2.00. The first kappa shape index (κ1) is 14.0. The molecular formula is C14H17N3O3. The molecule has 0 fully saturated rings. The van der Waals surface area contributed by atoms with E-state index < -0.39 is 0 Å². The number of rotatable bonds is 6. The lowest BCUT2D eigenvalue weighted by atomic mass is 10.1. The smallest absolute Gasteiger partial charge is 0.246 e. The van der Waals surface area contributed by atoms with E-state index in [9.17, 15) is 4.79 Å². The number of hydrogen-bond donors (Lipinski definition) is 1. The first-order valence-corrected chi connectivity index (χ1v) is 6.36. The zero-order valence-corrected chi connectivity index (χ0v) is 11.5. The molecule has 2 aromatic rings. The number of aromatic nitrogens is 2. The predicted octanol–water partition coefficient (Wildman–Crippen LogP) is 1.64. The molecule has 106 valence electrons. The van der Waals surface area contributed by atoms with Gasteiger partial charge in [0.2, 0.25) is 11.8 Å². The Hall–Kier alpha value is -2.37. The van der Waals surface area contributed by atoms with Gasteiger partial charge in [-0.05, 0) is 31.0 Å². The van der Waals surface area contributed by atoms with Gasteiger partial charge in [0.25, 0.3) is 0 Å². The van der Waals surface area contributed by atoms with Crippen LogP contribution in [0.4, 0.5) is 0 Å². The van der Waals surface area contributed by atoms with Crippen molar-refractivity contribution in [1.82, 2.24) is 15.5 Å². The van der Waals surface area contributed by atoms with E-state index in [0.717, 1.165) is 11.3 Å². The summed E-state index contributed by atoms with van der Waals surface area (Å²) in [6, 6.07) is 7.67. The van der Waals surface area contributed by atoms with Crippen molar-refractivity contribution < 1.29 is 14.1 Å². The van der Waals surface area contributed by atoms with Crippen LogP contribution in [0.2, 0.25) is 0 Å². The highest BCUT2D eigenvalue weighted by atomic mass is 16.5. The fraction of sp³-hybridized carbons (Fsp3) is 0.357. The van der Waals surface area contributed by atoms with Gasteiger partial charge in [0.05, 0.1) is 13.7 Å². The normalized spacial score (nSPS) is 10.3. The second-order valence-corrected chi connectivity index (χ2v) is 4.36. The standard InChI is InChI=1S/C14H17N3O3/c1-10-16-14(20-17-10)9-15-13(18)8-5-11-3-6-12(19-2)7-4-11/h3-4,6-7H,5,8-9H2,1-2H3,(H,15,18). The van der Waals surface area contributed by atoms with Crippen molar-refractivity contribution in [1.29, 1.82) is 0 Å². The summed E-state index contributed by atoms with van der Waals surface area (Å²) in [5.41, 5.74) is 1.09. The van der Waals surface area contributed by atoms with Gasteiger partial charge in [-0.1, -0.05) is 17.3 Å². The number of nitrogens with one attached hydrogen (secondary N) is 1. The Kier molecular flexibility index (Phi) is 4.70. The topological polar surface area (TPSA) is 77.2 Å². The van der Waals surface area contributed by atoms with Crippen molar-refractivity contribution in [3.8, 4) is 5.75 Å². The molecule has 0 aliphatic rings. The summed E-state index contributed by atoms with van der Waals surface area (Å²) in [4.78, 5) is 15.7. The Morgan fingerprint density at radius 2 is 2.10 bits per heavy atom. The van der Waals surface area contributed by atoms with Crippen molar-refractivity contribution in [2.45, 2.75) is 26.3 Å². The Morgan fingerprint density at radius 3 is 2.70 bits per heavy atom. The van der Waals surface area contributed by atoms with Gasteiger partial charge in [0.1, 0.15) is 5.75 Å². The van der Waals surface area contributed by atoms with E-state index in [0.29, 0.717) is 24.6 Å². The van der Waals surface area contributed by atoms with E-state index in [-0.39, 0.29) is 12.5 Å². The monoisotopic (exact) mass is 275 g/mol. The number of benzene rings is 1. The third kappa shape index (κ3) is 4.08. The number of ether oxygens (including phenoxy) is 1. The Bertz CT molecular complexity index is 563. The summed E-state index contributed by atoms with van der Waals surface area (Å²) in [6.07, 6.45) is 1.10. The van der Waals surface area contributed by atoms with Gasteiger partial charge in [-0.25, -0.2) is 0 Å². The van der Waals surface area contributed by atoms with Gasteiger partial charge in [-0.3, -0.25) is 4.79 Å². The Morgan fingerprint density at radius 1 is 1.35 bits per heavy atom. The van der Waals surface area contributed by atoms with E-state index >= 15 is 0 Å². The Labute approximate surface area is 117 Å². The lowest BCUT2D eigenvalue weighted by molar-refractivity contribution is -0.121. The largest absolute Gasteiger partial charge is 0.497 e. The van der Waals surface area contributed by atoms with E-state index in [2.05, 4.69) is 15.5 Å². The highest BCUT2D eigenvalue weighted by molar-refractivity contribution is 5.76. The van der Waals surface area contributed by atoms with Crippen molar-refractivity contribution in [2.24, 2.45) is 0 Å². The third-order valence-corrected chi connectivity index (χ3v) is 2.81. The molecule has 1 heterocycles. The van der Waals surface area contributed by atoms with Crippen LogP contribution < -0.4 is 10.1 Å². The van der Waals surface area contributed by atoms with E-state index in [1.807, 2.05) is 24.3 Å². The van der Waals surface area contributed by atoms with Gasteiger partial charge in [0.15, 0.2) is 5.82 Å². The molecule has 20 heavy (non-hydrogen) atoms. The van der Waals surface area contributed by atoms with E-state index in [4.69, 9.17) is 9.26 Å². The highest BCUT2D eigenvalue weighted by Gasteiger charge is 2.06. The molecule has 2 rings (SSSR count). The molecule has 0 spiro atoms. The number of amides is 1. The Balaban J connectivity index is 1.74. The zero-order valence-electron chi connectivity index (χ0n) is 11.5. The molecule has 0 bridgehead atoms. The van der Waals surface area contributed by atoms with Gasteiger partial charge in [-0.2, -0.15) is 4.98 Å². The molecule has 0 radical (unpaired) electrons. The quantitative estimate of drug-likeness (QED) is 0.867. The second-order valence-electron chi connectivity index (χ2n) is 4.36. The highest BCUT2D eigenvalue weighted by Crippen LogP contribution is 2.12. The number of hydrogen-bond acceptors (Lipinski definition) is 5. The number of carbonyl (C=O) groups is 1. The summed E-state index contributed by atoms with van der Waals surface area (Å²) in [7, 11) is 1.63. The van der Waals surface area contributed by atoms with Crippen LogP contribution >= 0.6 is 0 Å².